The Morgan fingerprint density at radius 2 is 2.43 bits per heavy atom. The van der Waals surface area contributed by atoms with Gasteiger partial charge in [-0.05, 0) is 12.3 Å². The first-order valence-corrected chi connectivity index (χ1v) is 4.90. The van der Waals surface area contributed by atoms with Gasteiger partial charge in [0.2, 0.25) is 0 Å². The minimum absolute atomic E-state index is 0.0156. The Bertz CT molecular complexity index is 323. The Morgan fingerprint density at radius 1 is 1.64 bits per heavy atom. The van der Waals surface area contributed by atoms with Gasteiger partial charge in [-0.25, -0.2) is 9.67 Å². The van der Waals surface area contributed by atoms with Crippen LogP contribution in [0.5, 0.6) is 0 Å². The summed E-state index contributed by atoms with van der Waals surface area (Å²) in [6.45, 7) is 3.53. The molecular weight excluding hydrogens is 180 g/mol. The van der Waals surface area contributed by atoms with Crippen LogP contribution in [-0.4, -0.2) is 21.9 Å². The van der Waals surface area contributed by atoms with Crippen LogP contribution < -0.4 is 5.73 Å². The molecule has 2 N–H and O–H groups in total. The number of fused-ring (bicyclic) bond motifs is 1. The quantitative estimate of drug-likeness (QED) is 0.746. The standard InChI is InChI=1S/C9H16N4O/c1-6-3-4-13-9(8(6)10)11-7(12-13)5-14-2/h6,8H,3-5,10H2,1-2H3. The van der Waals surface area contributed by atoms with Gasteiger partial charge >= 0.3 is 0 Å². The van der Waals surface area contributed by atoms with Crippen LogP contribution in [0.2, 0.25) is 0 Å². The van der Waals surface area contributed by atoms with E-state index in [9.17, 15) is 0 Å². The molecule has 2 unspecified atom stereocenters. The third-order valence-corrected chi connectivity index (χ3v) is 2.73. The number of methoxy groups -OCH3 is 1. The van der Waals surface area contributed by atoms with E-state index in [-0.39, 0.29) is 6.04 Å². The number of aromatic nitrogens is 3. The Kier molecular flexibility index (Phi) is 2.52. The van der Waals surface area contributed by atoms with Gasteiger partial charge in [0, 0.05) is 13.7 Å². The number of aryl methyl sites for hydroxylation is 1. The highest BCUT2D eigenvalue weighted by Gasteiger charge is 2.26. The number of ether oxygens (including phenoxy) is 1. The van der Waals surface area contributed by atoms with Gasteiger partial charge in [0.25, 0.3) is 0 Å². The zero-order valence-corrected chi connectivity index (χ0v) is 8.60. The molecule has 0 spiro atoms. The molecule has 0 radical (unpaired) electrons. The molecule has 5 nitrogen and oxygen atoms in total. The summed E-state index contributed by atoms with van der Waals surface area (Å²) >= 11 is 0. The Balaban J connectivity index is 2.27. The molecule has 2 rings (SSSR count). The van der Waals surface area contributed by atoms with Crippen molar-refractivity contribution in [2.75, 3.05) is 7.11 Å². The minimum Gasteiger partial charge on any atom is -0.377 e. The van der Waals surface area contributed by atoms with Crippen molar-refractivity contribution < 1.29 is 4.74 Å². The lowest BCUT2D eigenvalue weighted by atomic mass is 9.96. The van der Waals surface area contributed by atoms with Gasteiger partial charge in [0.15, 0.2) is 5.82 Å². The summed E-state index contributed by atoms with van der Waals surface area (Å²) in [7, 11) is 1.64. The van der Waals surface area contributed by atoms with Gasteiger partial charge in [0.1, 0.15) is 12.4 Å². The maximum Gasteiger partial charge on any atom is 0.176 e. The molecule has 2 atom stereocenters. The van der Waals surface area contributed by atoms with Crippen molar-refractivity contribution in [3.63, 3.8) is 0 Å². The molecule has 14 heavy (non-hydrogen) atoms. The van der Waals surface area contributed by atoms with Crippen LogP contribution in [0.1, 0.15) is 31.0 Å². The number of rotatable bonds is 2. The van der Waals surface area contributed by atoms with Crippen molar-refractivity contribution in [2.45, 2.75) is 32.5 Å². The summed E-state index contributed by atoms with van der Waals surface area (Å²) in [6.07, 6.45) is 1.07. The largest absolute Gasteiger partial charge is 0.377 e. The molecule has 0 fully saturated rings. The summed E-state index contributed by atoms with van der Waals surface area (Å²) in [6, 6.07) is 0.0156. The minimum atomic E-state index is 0.0156. The fraction of sp³-hybridized carbons (Fsp3) is 0.778. The molecule has 0 saturated heterocycles. The van der Waals surface area contributed by atoms with E-state index in [0.29, 0.717) is 12.5 Å². The molecule has 0 aliphatic carbocycles. The number of hydrogen-bond donors (Lipinski definition) is 1. The molecule has 0 aromatic carbocycles. The van der Waals surface area contributed by atoms with E-state index in [1.807, 2.05) is 4.68 Å². The Hall–Kier alpha value is -0.940. The monoisotopic (exact) mass is 196 g/mol. The molecule has 78 valence electrons. The lowest BCUT2D eigenvalue weighted by molar-refractivity contribution is 0.177. The van der Waals surface area contributed by atoms with Gasteiger partial charge in [-0.1, -0.05) is 6.92 Å². The summed E-state index contributed by atoms with van der Waals surface area (Å²) in [4.78, 5) is 4.37. The summed E-state index contributed by atoms with van der Waals surface area (Å²) in [5, 5.41) is 4.33. The fourth-order valence-electron chi connectivity index (χ4n) is 1.76. The maximum absolute atomic E-state index is 6.04. The predicted octanol–water partition coefficient (Wildman–Crippen LogP) is 0.464. The van der Waals surface area contributed by atoms with E-state index in [1.54, 1.807) is 7.11 Å². The van der Waals surface area contributed by atoms with Crippen molar-refractivity contribution in [3.8, 4) is 0 Å². The van der Waals surface area contributed by atoms with Crippen LogP contribution in [0, 0.1) is 5.92 Å². The van der Waals surface area contributed by atoms with Crippen molar-refractivity contribution >= 4 is 0 Å². The second-order valence-electron chi connectivity index (χ2n) is 3.83. The molecule has 2 heterocycles. The zero-order chi connectivity index (χ0) is 10.1. The van der Waals surface area contributed by atoms with E-state index < -0.39 is 0 Å². The molecule has 1 aliphatic heterocycles. The zero-order valence-electron chi connectivity index (χ0n) is 8.60. The maximum atomic E-state index is 6.04. The van der Waals surface area contributed by atoms with Gasteiger partial charge in [-0.2, -0.15) is 5.10 Å². The first-order chi connectivity index (χ1) is 6.72. The molecule has 1 aromatic rings. The third-order valence-electron chi connectivity index (χ3n) is 2.73. The fourth-order valence-corrected chi connectivity index (χ4v) is 1.76. The second-order valence-corrected chi connectivity index (χ2v) is 3.83. The topological polar surface area (TPSA) is 66.0 Å². The molecule has 0 amide bonds. The number of nitrogens with two attached hydrogens (primary N) is 1. The number of nitrogens with zero attached hydrogens (tertiary/aromatic N) is 3. The highest BCUT2D eigenvalue weighted by Crippen LogP contribution is 2.26. The van der Waals surface area contributed by atoms with Crippen LogP contribution >= 0.6 is 0 Å². The summed E-state index contributed by atoms with van der Waals surface area (Å²) in [5.74, 6) is 2.12. The average molecular weight is 196 g/mol. The molecule has 1 aromatic heterocycles. The Morgan fingerprint density at radius 3 is 3.14 bits per heavy atom. The van der Waals surface area contributed by atoms with Crippen molar-refractivity contribution in [1.29, 1.82) is 0 Å². The molecule has 5 heteroatoms. The van der Waals surface area contributed by atoms with Crippen LogP contribution in [0.3, 0.4) is 0 Å². The van der Waals surface area contributed by atoms with E-state index in [0.717, 1.165) is 24.6 Å². The van der Waals surface area contributed by atoms with Crippen LogP contribution in [0.15, 0.2) is 0 Å². The van der Waals surface area contributed by atoms with E-state index >= 15 is 0 Å². The van der Waals surface area contributed by atoms with Crippen molar-refractivity contribution in [3.05, 3.63) is 11.6 Å². The lowest BCUT2D eigenvalue weighted by Crippen LogP contribution is -2.29. The molecule has 0 bridgehead atoms. The van der Waals surface area contributed by atoms with Crippen LogP contribution in [-0.2, 0) is 17.9 Å². The molecule has 1 aliphatic rings. The van der Waals surface area contributed by atoms with Crippen molar-refractivity contribution in [2.24, 2.45) is 11.7 Å². The predicted molar refractivity (Wildman–Crippen MR) is 51.4 cm³/mol. The van der Waals surface area contributed by atoms with Gasteiger partial charge in [-0.3, -0.25) is 0 Å². The highest BCUT2D eigenvalue weighted by atomic mass is 16.5. The molecule has 0 saturated carbocycles. The van der Waals surface area contributed by atoms with E-state index in [1.165, 1.54) is 0 Å². The first-order valence-electron chi connectivity index (χ1n) is 4.90. The SMILES string of the molecule is COCc1nc2n(n1)CCC(C)C2N. The Labute approximate surface area is 83.3 Å². The number of hydrogen-bond acceptors (Lipinski definition) is 4. The van der Waals surface area contributed by atoms with Crippen LogP contribution in [0.25, 0.3) is 0 Å². The van der Waals surface area contributed by atoms with E-state index in [4.69, 9.17) is 10.5 Å². The normalized spacial score (nSPS) is 26.2. The van der Waals surface area contributed by atoms with Gasteiger partial charge in [-0.15, -0.1) is 0 Å². The lowest BCUT2D eigenvalue weighted by Gasteiger charge is -2.24. The second kappa shape index (κ2) is 3.67. The van der Waals surface area contributed by atoms with Crippen LogP contribution in [0.4, 0.5) is 0 Å². The summed E-state index contributed by atoms with van der Waals surface area (Å²) < 4.78 is 6.89. The van der Waals surface area contributed by atoms with Crippen molar-refractivity contribution in [1.82, 2.24) is 14.8 Å². The summed E-state index contributed by atoms with van der Waals surface area (Å²) in [5.41, 5.74) is 6.04. The van der Waals surface area contributed by atoms with Gasteiger partial charge < -0.3 is 10.5 Å². The molecular formula is C9H16N4O. The first kappa shape index (κ1) is 9.61. The smallest absolute Gasteiger partial charge is 0.176 e. The third kappa shape index (κ3) is 1.53. The van der Waals surface area contributed by atoms with Gasteiger partial charge in [0.05, 0.1) is 6.04 Å². The highest BCUT2D eigenvalue weighted by molar-refractivity contribution is 5.02. The average Bonchev–Trinajstić information content (AvgIpc) is 2.56. The van der Waals surface area contributed by atoms with E-state index in [2.05, 4.69) is 17.0 Å².